The summed E-state index contributed by atoms with van der Waals surface area (Å²) in [5.74, 6) is -0.0285. The lowest BCUT2D eigenvalue weighted by molar-refractivity contribution is -0.115. The van der Waals surface area contributed by atoms with Gasteiger partial charge in [0, 0.05) is 17.7 Å². The Hall–Kier alpha value is -2.25. The minimum Gasteiger partial charge on any atom is -0.337 e. The molecule has 5 heteroatoms. The van der Waals surface area contributed by atoms with Crippen LogP contribution in [-0.4, -0.2) is 10.9 Å². The molecule has 2 rings (SSSR count). The Balaban J connectivity index is 2.25. The average molecular weight is 274 g/mol. The summed E-state index contributed by atoms with van der Waals surface area (Å²) in [6, 6.07) is 11.0. The Bertz CT molecular complexity index is 638. The van der Waals surface area contributed by atoms with Gasteiger partial charge in [-0.15, -0.1) is 0 Å². The first kappa shape index (κ1) is 13.2. The summed E-state index contributed by atoms with van der Waals surface area (Å²) in [6.45, 7) is 1.80. The van der Waals surface area contributed by atoms with Gasteiger partial charge in [0.05, 0.1) is 0 Å². The molecule has 19 heavy (non-hydrogen) atoms. The van der Waals surface area contributed by atoms with Gasteiger partial charge in [0.25, 0.3) is 0 Å². The summed E-state index contributed by atoms with van der Waals surface area (Å²) >= 11 is 6.03. The number of halogens is 1. The maximum absolute atomic E-state index is 11.3. The van der Waals surface area contributed by atoms with E-state index in [0.29, 0.717) is 17.3 Å². The van der Waals surface area contributed by atoms with Gasteiger partial charge in [-0.3, -0.25) is 4.79 Å². The molecule has 1 amide bonds. The molecule has 1 aromatic heterocycles. The van der Waals surface area contributed by atoms with Crippen LogP contribution < -0.4 is 5.32 Å². The summed E-state index contributed by atoms with van der Waals surface area (Å²) in [6.07, 6.45) is 0.441. The van der Waals surface area contributed by atoms with Gasteiger partial charge in [-0.05, 0) is 23.8 Å². The van der Waals surface area contributed by atoms with Crippen molar-refractivity contribution in [3.8, 4) is 17.2 Å². The van der Waals surface area contributed by atoms with Gasteiger partial charge >= 0.3 is 0 Å². The monoisotopic (exact) mass is 273 g/mol. The van der Waals surface area contributed by atoms with Gasteiger partial charge in [-0.1, -0.05) is 30.7 Å². The molecule has 96 valence electrons. The number of nitrogens with zero attached hydrogens (tertiary/aromatic N) is 1. The number of carbonyl (C=O) groups excluding carboxylic acids is 1. The van der Waals surface area contributed by atoms with Gasteiger partial charge in [-0.25, -0.2) is 0 Å². The molecule has 0 spiro atoms. The van der Waals surface area contributed by atoms with E-state index in [1.165, 1.54) is 0 Å². The van der Waals surface area contributed by atoms with Gasteiger partial charge in [-0.2, -0.15) is 5.26 Å². The van der Waals surface area contributed by atoms with Crippen LogP contribution in [0.4, 0.5) is 5.69 Å². The molecule has 0 atom stereocenters. The number of H-pyrrole nitrogens is 1. The first-order valence-corrected chi connectivity index (χ1v) is 6.20. The molecule has 0 saturated carbocycles. The number of amides is 1. The van der Waals surface area contributed by atoms with E-state index >= 15 is 0 Å². The summed E-state index contributed by atoms with van der Waals surface area (Å²) in [5.41, 5.74) is 2.81. The molecular formula is C14H12ClN3O. The van der Waals surface area contributed by atoms with Crippen LogP contribution in [-0.2, 0) is 4.79 Å². The predicted molar refractivity (Wildman–Crippen MR) is 74.9 cm³/mol. The zero-order chi connectivity index (χ0) is 13.8. The molecule has 0 aliphatic heterocycles. The molecular weight excluding hydrogens is 262 g/mol. The summed E-state index contributed by atoms with van der Waals surface area (Å²) in [7, 11) is 0. The Kier molecular flexibility index (Phi) is 3.88. The number of hydrogen-bond donors (Lipinski definition) is 2. The highest BCUT2D eigenvalue weighted by atomic mass is 35.5. The van der Waals surface area contributed by atoms with E-state index in [1.807, 2.05) is 18.2 Å². The van der Waals surface area contributed by atoms with Crippen molar-refractivity contribution in [2.24, 2.45) is 0 Å². The topological polar surface area (TPSA) is 68.7 Å². The molecule has 0 fully saturated rings. The zero-order valence-corrected chi connectivity index (χ0v) is 11.1. The second-order valence-electron chi connectivity index (χ2n) is 4.00. The number of aromatic nitrogens is 1. The van der Waals surface area contributed by atoms with Crippen LogP contribution in [0.1, 0.15) is 19.0 Å². The van der Waals surface area contributed by atoms with Crippen molar-refractivity contribution in [2.75, 3.05) is 5.32 Å². The van der Waals surface area contributed by atoms with Crippen LogP contribution in [0, 0.1) is 11.3 Å². The van der Waals surface area contributed by atoms with Gasteiger partial charge in [0.1, 0.15) is 16.9 Å². The summed E-state index contributed by atoms with van der Waals surface area (Å²) in [4.78, 5) is 14.0. The third kappa shape index (κ3) is 2.95. The Morgan fingerprint density at radius 2 is 2.11 bits per heavy atom. The van der Waals surface area contributed by atoms with Crippen LogP contribution in [0.2, 0.25) is 5.15 Å². The maximum Gasteiger partial charge on any atom is 0.224 e. The van der Waals surface area contributed by atoms with Crippen LogP contribution in [0.5, 0.6) is 0 Å². The van der Waals surface area contributed by atoms with Crippen LogP contribution in [0.15, 0.2) is 30.3 Å². The molecule has 0 bridgehead atoms. The zero-order valence-electron chi connectivity index (χ0n) is 10.3. The van der Waals surface area contributed by atoms with E-state index < -0.39 is 0 Å². The standard InChI is InChI=1S/C14H12ClN3O/c1-2-13(19)17-10-5-3-9(4-6-10)12-7-11(8-16)18-14(12)15/h3-7,18H,2H2,1H3,(H,17,19). The molecule has 1 heterocycles. The third-order valence-corrected chi connectivity index (χ3v) is 2.99. The lowest BCUT2D eigenvalue weighted by Crippen LogP contribution is -2.08. The van der Waals surface area contributed by atoms with E-state index in [0.717, 1.165) is 16.8 Å². The second kappa shape index (κ2) is 5.59. The molecule has 0 unspecified atom stereocenters. The molecule has 4 nitrogen and oxygen atoms in total. The van der Waals surface area contributed by atoms with E-state index in [4.69, 9.17) is 16.9 Å². The fraction of sp³-hybridized carbons (Fsp3) is 0.143. The molecule has 2 N–H and O–H groups in total. The number of nitriles is 1. The quantitative estimate of drug-likeness (QED) is 0.898. The molecule has 0 saturated heterocycles. The van der Waals surface area contributed by atoms with Crippen molar-refractivity contribution >= 4 is 23.2 Å². The smallest absolute Gasteiger partial charge is 0.224 e. The fourth-order valence-corrected chi connectivity index (χ4v) is 1.95. The molecule has 2 aromatic rings. The van der Waals surface area contributed by atoms with Crippen LogP contribution in [0.25, 0.3) is 11.1 Å². The number of hydrogen-bond acceptors (Lipinski definition) is 2. The molecule has 1 aromatic carbocycles. The van der Waals surface area contributed by atoms with Crippen molar-refractivity contribution in [3.63, 3.8) is 0 Å². The number of nitrogens with one attached hydrogen (secondary N) is 2. The highest BCUT2D eigenvalue weighted by molar-refractivity contribution is 6.32. The van der Waals surface area contributed by atoms with Gasteiger partial charge in [0.2, 0.25) is 5.91 Å². The maximum atomic E-state index is 11.3. The van der Waals surface area contributed by atoms with Crippen LogP contribution in [0.3, 0.4) is 0 Å². The van der Waals surface area contributed by atoms with E-state index in [9.17, 15) is 4.79 Å². The van der Waals surface area contributed by atoms with E-state index in [1.54, 1.807) is 25.1 Å². The third-order valence-electron chi connectivity index (χ3n) is 2.69. The minimum atomic E-state index is -0.0285. The van der Waals surface area contributed by atoms with Gasteiger partial charge < -0.3 is 10.3 Å². The highest BCUT2D eigenvalue weighted by Gasteiger charge is 2.08. The number of rotatable bonds is 3. The SMILES string of the molecule is CCC(=O)Nc1ccc(-c2cc(C#N)[nH]c2Cl)cc1. The predicted octanol–water partition coefficient (Wildman–Crippen LogP) is 3.56. The highest BCUT2D eigenvalue weighted by Crippen LogP contribution is 2.29. The minimum absolute atomic E-state index is 0.0285. The number of carbonyl (C=O) groups is 1. The van der Waals surface area contributed by atoms with Crippen molar-refractivity contribution in [1.29, 1.82) is 5.26 Å². The molecule has 0 radical (unpaired) electrons. The number of benzene rings is 1. The Morgan fingerprint density at radius 1 is 1.42 bits per heavy atom. The summed E-state index contributed by atoms with van der Waals surface area (Å²) < 4.78 is 0. The number of aromatic amines is 1. The van der Waals surface area contributed by atoms with Gasteiger partial charge in [0.15, 0.2) is 0 Å². The summed E-state index contributed by atoms with van der Waals surface area (Å²) in [5, 5.41) is 12.0. The second-order valence-corrected chi connectivity index (χ2v) is 4.38. The van der Waals surface area contributed by atoms with Crippen LogP contribution >= 0.6 is 11.6 Å². The molecule has 0 aliphatic carbocycles. The lowest BCUT2D eigenvalue weighted by Gasteiger charge is -2.04. The van der Waals surface area contributed by atoms with Crippen molar-refractivity contribution < 1.29 is 4.79 Å². The first-order chi connectivity index (χ1) is 9.13. The largest absolute Gasteiger partial charge is 0.337 e. The first-order valence-electron chi connectivity index (χ1n) is 5.83. The Labute approximate surface area is 116 Å². The van der Waals surface area contributed by atoms with Crippen molar-refractivity contribution in [1.82, 2.24) is 4.98 Å². The van der Waals surface area contributed by atoms with E-state index in [-0.39, 0.29) is 5.91 Å². The average Bonchev–Trinajstić information content (AvgIpc) is 2.81. The van der Waals surface area contributed by atoms with Crippen molar-refractivity contribution in [3.05, 3.63) is 41.2 Å². The van der Waals surface area contributed by atoms with Crippen molar-refractivity contribution in [2.45, 2.75) is 13.3 Å². The lowest BCUT2D eigenvalue weighted by atomic mass is 10.1. The fourth-order valence-electron chi connectivity index (χ4n) is 1.68. The molecule has 0 aliphatic rings. The number of anilines is 1. The van der Waals surface area contributed by atoms with E-state index in [2.05, 4.69) is 10.3 Å². The Morgan fingerprint density at radius 3 is 2.63 bits per heavy atom. The normalized spacial score (nSPS) is 9.95.